The minimum atomic E-state index is -1.03. The molecule has 19 heavy (non-hydrogen) atoms. The molecule has 0 saturated carbocycles. The van der Waals surface area contributed by atoms with Gasteiger partial charge < -0.3 is 9.84 Å². The van der Waals surface area contributed by atoms with Crippen molar-refractivity contribution in [1.29, 1.82) is 0 Å². The van der Waals surface area contributed by atoms with Gasteiger partial charge in [-0.05, 0) is 18.6 Å². The number of thiophene rings is 1. The Balaban J connectivity index is 2.29. The highest BCUT2D eigenvalue weighted by Crippen LogP contribution is 2.31. The van der Waals surface area contributed by atoms with Crippen LogP contribution in [0.3, 0.4) is 0 Å². The number of nitrogens with zero attached hydrogens (tertiary/aromatic N) is 1. The second-order valence-electron chi connectivity index (χ2n) is 3.76. The lowest BCUT2D eigenvalue weighted by molar-refractivity contribution is -0.384. The molecule has 0 aliphatic carbocycles. The lowest BCUT2D eigenvalue weighted by Crippen LogP contribution is -1.92. The summed E-state index contributed by atoms with van der Waals surface area (Å²) in [5, 5.41) is 21.0. The summed E-state index contributed by atoms with van der Waals surface area (Å²) in [6.07, 6.45) is 0. The molecule has 1 aromatic carbocycles. The molecule has 1 N–H and O–H groups in total. The van der Waals surface area contributed by atoms with E-state index >= 15 is 0 Å². The zero-order valence-electron chi connectivity index (χ0n) is 9.82. The quantitative estimate of drug-likeness (QED) is 0.683. The van der Waals surface area contributed by atoms with Gasteiger partial charge in [0.1, 0.15) is 16.4 Å². The van der Waals surface area contributed by atoms with Crippen LogP contribution in [0.15, 0.2) is 29.6 Å². The van der Waals surface area contributed by atoms with Gasteiger partial charge in [0, 0.05) is 17.5 Å². The molecule has 1 heterocycles. The summed E-state index contributed by atoms with van der Waals surface area (Å²) in [6, 6.07) is 5.66. The van der Waals surface area contributed by atoms with E-state index < -0.39 is 10.9 Å². The summed E-state index contributed by atoms with van der Waals surface area (Å²) in [5.41, 5.74) is 0.656. The third kappa shape index (κ3) is 2.89. The van der Waals surface area contributed by atoms with Gasteiger partial charge in [-0.2, -0.15) is 0 Å². The van der Waals surface area contributed by atoms with E-state index in [-0.39, 0.29) is 10.6 Å². The first kappa shape index (κ1) is 13.0. The Morgan fingerprint density at radius 1 is 1.42 bits per heavy atom. The first-order valence-electron chi connectivity index (χ1n) is 5.22. The van der Waals surface area contributed by atoms with Gasteiger partial charge in [0.15, 0.2) is 0 Å². The minimum absolute atomic E-state index is 0.0747. The molecule has 2 rings (SSSR count). The molecule has 7 heteroatoms. The van der Waals surface area contributed by atoms with Crippen LogP contribution in [0, 0.1) is 17.0 Å². The van der Waals surface area contributed by atoms with Crippen LogP contribution in [0.5, 0.6) is 11.5 Å². The maximum atomic E-state index is 10.7. The number of non-ortho nitro benzene ring substituents is 1. The number of nitro groups is 1. The minimum Gasteiger partial charge on any atom is -0.477 e. The van der Waals surface area contributed by atoms with Crippen molar-refractivity contribution in [2.45, 2.75) is 6.92 Å². The van der Waals surface area contributed by atoms with Gasteiger partial charge in [-0.3, -0.25) is 10.1 Å². The number of hydrogen-bond acceptors (Lipinski definition) is 5. The summed E-state index contributed by atoms with van der Waals surface area (Å²) in [4.78, 5) is 21.1. The lowest BCUT2D eigenvalue weighted by Gasteiger charge is -2.06. The van der Waals surface area contributed by atoms with Gasteiger partial charge in [0.2, 0.25) is 0 Å². The Labute approximate surface area is 112 Å². The van der Waals surface area contributed by atoms with Crippen molar-refractivity contribution in [2.24, 2.45) is 0 Å². The first-order valence-corrected chi connectivity index (χ1v) is 6.10. The third-order valence-electron chi connectivity index (χ3n) is 2.40. The predicted molar refractivity (Wildman–Crippen MR) is 69.2 cm³/mol. The van der Waals surface area contributed by atoms with Crippen molar-refractivity contribution in [2.75, 3.05) is 0 Å². The summed E-state index contributed by atoms with van der Waals surface area (Å²) in [6.45, 7) is 1.75. The monoisotopic (exact) mass is 279 g/mol. The summed E-state index contributed by atoms with van der Waals surface area (Å²) < 4.78 is 5.47. The van der Waals surface area contributed by atoms with Crippen LogP contribution in [0.2, 0.25) is 0 Å². The number of benzene rings is 1. The molecule has 6 nitrogen and oxygen atoms in total. The highest BCUT2D eigenvalue weighted by atomic mass is 32.1. The molecule has 0 fully saturated rings. The fourth-order valence-electron chi connectivity index (χ4n) is 1.42. The van der Waals surface area contributed by atoms with Crippen molar-refractivity contribution in [3.8, 4) is 11.5 Å². The molecule has 0 radical (unpaired) electrons. The van der Waals surface area contributed by atoms with Gasteiger partial charge in [-0.15, -0.1) is 11.3 Å². The number of ether oxygens (including phenoxy) is 1. The summed E-state index contributed by atoms with van der Waals surface area (Å²) in [7, 11) is 0. The molecule has 0 unspecified atom stereocenters. The summed E-state index contributed by atoms with van der Waals surface area (Å²) in [5.74, 6) is -0.342. The fourth-order valence-corrected chi connectivity index (χ4v) is 2.07. The zero-order chi connectivity index (χ0) is 14.0. The Bertz CT molecular complexity index is 649. The molecule has 98 valence electrons. The Morgan fingerprint density at radius 3 is 2.74 bits per heavy atom. The molecule has 2 aromatic rings. The van der Waals surface area contributed by atoms with Crippen molar-refractivity contribution in [1.82, 2.24) is 0 Å². The third-order valence-corrected chi connectivity index (χ3v) is 3.29. The number of nitro benzene ring substituents is 1. The number of aryl methyl sites for hydroxylation is 1. The van der Waals surface area contributed by atoms with Crippen LogP contribution >= 0.6 is 11.3 Å². The van der Waals surface area contributed by atoms with Gasteiger partial charge >= 0.3 is 5.97 Å². The maximum absolute atomic E-state index is 10.7. The Morgan fingerprint density at radius 2 is 2.16 bits per heavy atom. The van der Waals surface area contributed by atoms with Crippen molar-refractivity contribution in [3.63, 3.8) is 0 Å². The van der Waals surface area contributed by atoms with E-state index in [1.165, 1.54) is 18.2 Å². The van der Waals surface area contributed by atoms with E-state index in [2.05, 4.69) is 0 Å². The van der Waals surface area contributed by atoms with Crippen LogP contribution < -0.4 is 4.74 Å². The molecule has 0 aliphatic heterocycles. The molecule has 0 amide bonds. The van der Waals surface area contributed by atoms with Gasteiger partial charge in [-0.1, -0.05) is 0 Å². The molecule has 0 spiro atoms. The van der Waals surface area contributed by atoms with Crippen LogP contribution in [0.1, 0.15) is 15.2 Å². The number of carboxylic acid groups (broad SMARTS) is 1. The molecular weight excluding hydrogens is 270 g/mol. The number of rotatable bonds is 4. The largest absolute Gasteiger partial charge is 0.477 e. The van der Waals surface area contributed by atoms with Gasteiger partial charge in [0.05, 0.1) is 11.0 Å². The average Bonchev–Trinajstić information content (AvgIpc) is 2.80. The van der Waals surface area contributed by atoms with E-state index in [1.807, 2.05) is 0 Å². The maximum Gasteiger partial charge on any atom is 0.346 e. The van der Waals surface area contributed by atoms with Gasteiger partial charge in [-0.25, -0.2) is 4.79 Å². The Kier molecular flexibility index (Phi) is 3.48. The van der Waals surface area contributed by atoms with E-state index in [0.29, 0.717) is 11.5 Å². The smallest absolute Gasteiger partial charge is 0.346 e. The molecule has 0 atom stereocenters. The molecule has 1 aromatic heterocycles. The predicted octanol–water partition coefficient (Wildman–Crippen LogP) is 3.46. The number of carboxylic acids is 1. The Hall–Kier alpha value is -2.41. The summed E-state index contributed by atoms with van der Waals surface area (Å²) >= 11 is 1.03. The van der Waals surface area contributed by atoms with E-state index in [4.69, 9.17) is 9.84 Å². The van der Waals surface area contributed by atoms with Crippen LogP contribution in [-0.4, -0.2) is 16.0 Å². The van der Waals surface area contributed by atoms with Crippen LogP contribution in [0.4, 0.5) is 5.69 Å². The van der Waals surface area contributed by atoms with Crippen molar-refractivity contribution < 1.29 is 19.6 Å². The molecule has 0 saturated heterocycles. The normalized spacial score (nSPS) is 10.2. The topological polar surface area (TPSA) is 89.7 Å². The highest BCUT2D eigenvalue weighted by molar-refractivity contribution is 7.12. The van der Waals surface area contributed by atoms with E-state index in [9.17, 15) is 14.9 Å². The zero-order valence-corrected chi connectivity index (χ0v) is 10.6. The van der Waals surface area contributed by atoms with Crippen LogP contribution in [0.25, 0.3) is 0 Å². The van der Waals surface area contributed by atoms with E-state index in [1.54, 1.807) is 18.4 Å². The average molecular weight is 279 g/mol. The number of hydrogen-bond donors (Lipinski definition) is 1. The van der Waals surface area contributed by atoms with Crippen LogP contribution in [-0.2, 0) is 0 Å². The number of carbonyl (C=O) groups is 1. The van der Waals surface area contributed by atoms with Crippen molar-refractivity contribution in [3.05, 3.63) is 50.2 Å². The first-order chi connectivity index (χ1) is 8.97. The SMILES string of the molecule is Cc1ccc([N+](=O)[O-])cc1Oc1csc(C(=O)O)c1. The van der Waals surface area contributed by atoms with Gasteiger partial charge in [0.25, 0.3) is 5.69 Å². The standard InChI is InChI=1S/C12H9NO5S/c1-7-2-3-8(13(16)17)4-10(7)18-9-5-11(12(14)15)19-6-9/h2-6H,1H3,(H,14,15). The molecule has 0 bridgehead atoms. The molecular formula is C12H9NO5S. The molecule has 0 aliphatic rings. The van der Waals surface area contributed by atoms with E-state index in [0.717, 1.165) is 16.9 Å². The van der Waals surface area contributed by atoms with Crippen molar-refractivity contribution >= 4 is 23.0 Å². The second kappa shape index (κ2) is 5.07. The lowest BCUT2D eigenvalue weighted by atomic mass is 10.2. The number of aromatic carboxylic acids is 1. The fraction of sp³-hybridized carbons (Fsp3) is 0.0833. The second-order valence-corrected chi connectivity index (χ2v) is 4.67. The highest BCUT2D eigenvalue weighted by Gasteiger charge is 2.12.